The number of thioether (sulfide) groups is 1. The predicted molar refractivity (Wildman–Crippen MR) is 120 cm³/mol. The van der Waals surface area contributed by atoms with E-state index in [1.807, 2.05) is 11.6 Å². The van der Waals surface area contributed by atoms with Gasteiger partial charge in [-0.15, -0.1) is 21.5 Å². The molecule has 0 saturated carbocycles. The topological polar surface area (TPSA) is 30.7 Å². The lowest BCUT2D eigenvalue weighted by atomic mass is 10.0. The average Bonchev–Trinajstić information content (AvgIpc) is 3.25. The van der Waals surface area contributed by atoms with Gasteiger partial charge in [-0.05, 0) is 31.5 Å². The third kappa shape index (κ3) is 3.97. The van der Waals surface area contributed by atoms with E-state index in [0.717, 1.165) is 16.5 Å². The van der Waals surface area contributed by atoms with E-state index in [-0.39, 0.29) is 5.82 Å². The number of hydrogen-bond donors (Lipinski definition) is 0. The summed E-state index contributed by atoms with van der Waals surface area (Å²) in [6.45, 7) is 4.20. The van der Waals surface area contributed by atoms with Crippen molar-refractivity contribution >= 4 is 34.7 Å². The zero-order chi connectivity index (χ0) is 20.5. The zero-order valence-corrected chi connectivity index (χ0v) is 18.6. The smallest absolute Gasteiger partial charge is 0.191 e. The first-order valence-electron chi connectivity index (χ1n) is 9.06. The molecule has 0 amide bonds. The monoisotopic (exact) mass is 443 g/mol. The lowest BCUT2D eigenvalue weighted by Crippen LogP contribution is -1.96. The van der Waals surface area contributed by atoms with Crippen LogP contribution < -0.4 is 0 Å². The highest BCUT2D eigenvalue weighted by Crippen LogP contribution is 2.39. The van der Waals surface area contributed by atoms with Crippen molar-refractivity contribution in [2.45, 2.75) is 24.8 Å². The van der Waals surface area contributed by atoms with Crippen LogP contribution in [0.5, 0.6) is 0 Å². The molecule has 0 radical (unpaired) electrons. The molecule has 2 aromatic heterocycles. The zero-order valence-electron chi connectivity index (χ0n) is 16.2. The number of aromatic nitrogens is 3. The third-order valence-electron chi connectivity index (χ3n) is 4.80. The summed E-state index contributed by atoms with van der Waals surface area (Å²) >= 11 is 9.27. The molecule has 148 valence electrons. The van der Waals surface area contributed by atoms with Crippen LogP contribution in [-0.4, -0.2) is 14.8 Å². The number of rotatable bonds is 5. The maximum absolute atomic E-state index is 14.1. The molecular weight excluding hydrogens is 425 g/mol. The molecule has 2 heterocycles. The van der Waals surface area contributed by atoms with Crippen molar-refractivity contribution in [1.82, 2.24) is 14.8 Å². The van der Waals surface area contributed by atoms with E-state index < -0.39 is 0 Å². The Balaban J connectivity index is 1.65. The van der Waals surface area contributed by atoms with Gasteiger partial charge in [0.1, 0.15) is 5.82 Å². The van der Waals surface area contributed by atoms with Crippen LogP contribution in [0, 0.1) is 19.7 Å². The van der Waals surface area contributed by atoms with Gasteiger partial charge in [-0.1, -0.05) is 59.3 Å². The molecule has 0 aliphatic heterocycles. The number of nitrogens with zero attached hydrogens (tertiary/aromatic N) is 3. The second-order valence-electron chi connectivity index (χ2n) is 6.80. The highest BCUT2D eigenvalue weighted by molar-refractivity contribution is 7.98. The highest BCUT2D eigenvalue weighted by Gasteiger charge is 2.19. The molecule has 0 spiro atoms. The van der Waals surface area contributed by atoms with Crippen molar-refractivity contribution in [2.75, 3.05) is 0 Å². The number of halogens is 2. The molecule has 4 rings (SSSR count). The molecule has 0 aliphatic rings. The molecule has 0 atom stereocenters. The van der Waals surface area contributed by atoms with Crippen molar-refractivity contribution in [3.63, 3.8) is 0 Å². The van der Waals surface area contributed by atoms with Gasteiger partial charge < -0.3 is 4.57 Å². The van der Waals surface area contributed by atoms with Gasteiger partial charge in [0, 0.05) is 44.8 Å². The number of hydrogen-bond acceptors (Lipinski definition) is 4. The van der Waals surface area contributed by atoms with E-state index in [1.165, 1.54) is 39.4 Å². The SMILES string of the molecule is Cc1ccc(-c2c(-c3nnc(SCc4c(F)cccc4Cl)n3C)csc2C)cc1. The summed E-state index contributed by atoms with van der Waals surface area (Å²) in [5, 5.41) is 12.0. The van der Waals surface area contributed by atoms with Crippen LogP contribution in [0.2, 0.25) is 5.02 Å². The Labute approximate surface area is 182 Å². The molecule has 0 bridgehead atoms. The minimum atomic E-state index is -0.303. The summed E-state index contributed by atoms with van der Waals surface area (Å²) in [7, 11) is 1.94. The maximum Gasteiger partial charge on any atom is 0.191 e. The predicted octanol–water partition coefficient (Wildman–Crippen LogP) is 6.91. The lowest BCUT2D eigenvalue weighted by molar-refractivity contribution is 0.617. The fourth-order valence-electron chi connectivity index (χ4n) is 3.18. The van der Waals surface area contributed by atoms with Crippen LogP contribution in [0.1, 0.15) is 16.0 Å². The quantitative estimate of drug-likeness (QED) is 0.314. The summed E-state index contributed by atoms with van der Waals surface area (Å²) in [6, 6.07) is 13.2. The molecule has 4 aromatic rings. The van der Waals surface area contributed by atoms with Crippen LogP contribution >= 0.6 is 34.7 Å². The van der Waals surface area contributed by atoms with Crippen LogP contribution in [0.4, 0.5) is 4.39 Å². The van der Waals surface area contributed by atoms with Gasteiger partial charge in [-0.3, -0.25) is 0 Å². The third-order valence-corrected chi connectivity index (χ3v) is 7.11. The Bertz CT molecular complexity index is 1150. The van der Waals surface area contributed by atoms with Crippen molar-refractivity contribution in [1.29, 1.82) is 0 Å². The molecule has 0 aliphatic carbocycles. The average molecular weight is 444 g/mol. The number of aryl methyl sites for hydroxylation is 2. The highest BCUT2D eigenvalue weighted by atomic mass is 35.5. The van der Waals surface area contributed by atoms with E-state index in [4.69, 9.17) is 11.6 Å². The standard InChI is InChI=1S/C22H19ClFN3S2/c1-13-7-9-15(10-8-13)20-14(2)28-12-17(20)21-25-26-22(27(21)3)29-11-16-18(23)5-4-6-19(16)24/h4-10,12H,11H2,1-3H3. The Morgan fingerprint density at radius 1 is 1.10 bits per heavy atom. The Morgan fingerprint density at radius 3 is 2.59 bits per heavy atom. The second kappa shape index (κ2) is 8.30. The first kappa shape index (κ1) is 20.1. The van der Waals surface area contributed by atoms with Gasteiger partial charge in [0.15, 0.2) is 11.0 Å². The van der Waals surface area contributed by atoms with E-state index in [0.29, 0.717) is 16.3 Å². The number of thiophene rings is 1. The molecule has 0 fully saturated rings. The van der Waals surface area contributed by atoms with Gasteiger partial charge in [0.05, 0.1) is 0 Å². The van der Waals surface area contributed by atoms with Crippen LogP contribution in [0.25, 0.3) is 22.5 Å². The van der Waals surface area contributed by atoms with Crippen molar-refractivity contribution in [2.24, 2.45) is 7.05 Å². The minimum Gasteiger partial charge on any atom is -0.305 e. The van der Waals surface area contributed by atoms with E-state index in [2.05, 4.69) is 53.7 Å². The molecule has 0 saturated heterocycles. The fraction of sp³-hybridized carbons (Fsp3) is 0.182. The Hall–Kier alpha value is -2.15. The number of benzene rings is 2. The van der Waals surface area contributed by atoms with E-state index in [9.17, 15) is 4.39 Å². The summed E-state index contributed by atoms with van der Waals surface area (Å²) in [6.07, 6.45) is 0. The molecule has 0 N–H and O–H groups in total. The molecule has 29 heavy (non-hydrogen) atoms. The first-order chi connectivity index (χ1) is 14.0. The molecule has 3 nitrogen and oxygen atoms in total. The summed E-state index contributed by atoms with van der Waals surface area (Å²) in [5.74, 6) is 0.889. The molecular formula is C22H19ClFN3S2. The lowest BCUT2D eigenvalue weighted by Gasteiger charge is -2.08. The Kier molecular flexibility index (Phi) is 5.76. The van der Waals surface area contributed by atoms with Gasteiger partial charge >= 0.3 is 0 Å². The molecule has 2 aromatic carbocycles. The van der Waals surface area contributed by atoms with Gasteiger partial charge in [-0.25, -0.2) is 4.39 Å². The maximum atomic E-state index is 14.1. The van der Waals surface area contributed by atoms with Gasteiger partial charge in [0.2, 0.25) is 0 Å². The van der Waals surface area contributed by atoms with Crippen LogP contribution in [0.15, 0.2) is 53.0 Å². The largest absolute Gasteiger partial charge is 0.305 e. The van der Waals surface area contributed by atoms with Gasteiger partial charge in [-0.2, -0.15) is 0 Å². The summed E-state index contributed by atoms with van der Waals surface area (Å²) in [5.41, 5.74) is 5.11. The van der Waals surface area contributed by atoms with Crippen LogP contribution in [0.3, 0.4) is 0 Å². The minimum absolute atomic E-state index is 0.303. The Morgan fingerprint density at radius 2 is 1.86 bits per heavy atom. The van der Waals surface area contributed by atoms with E-state index >= 15 is 0 Å². The first-order valence-corrected chi connectivity index (χ1v) is 11.3. The van der Waals surface area contributed by atoms with Crippen molar-refractivity contribution in [3.8, 4) is 22.5 Å². The summed E-state index contributed by atoms with van der Waals surface area (Å²) in [4.78, 5) is 1.24. The normalized spacial score (nSPS) is 11.2. The molecule has 7 heteroatoms. The van der Waals surface area contributed by atoms with Crippen molar-refractivity contribution < 1.29 is 4.39 Å². The van der Waals surface area contributed by atoms with E-state index in [1.54, 1.807) is 23.5 Å². The second-order valence-corrected chi connectivity index (χ2v) is 9.23. The molecule has 0 unspecified atom stereocenters. The van der Waals surface area contributed by atoms with Crippen LogP contribution in [-0.2, 0) is 12.8 Å². The summed E-state index contributed by atoms with van der Waals surface area (Å²) < 4.78 is 16.0. The van der Waals surface area contributed by atoms with Gasteiger partial charge in [0.25, 0.3) is 0 Å². The van der Waals surface area contributed by atoms with Crippen molar-refractivity contribution in [3.05, 3.63) is 74.7 Å². The fourth-order valence-corrected chi connectivity index (χ4v) is 5.30.